The van der Waals surface area contributed by atoms with Gasteiger partial charge in [0.2, 0.25) is 0 Å². The molecule has 26 heavy (non-hydrogen) atoms. The summed E-state index contributed by atoms with van der Waals surface area (Å²) in [4.78, 5) is 24.7. The maximum absolute atomic E-state index is 13.4. The van der Waals surface area contributed by atoms with Gasteiger partial charge in [-0.15, -0.1) is 0 Å². The van der Waals surface area contributed by atoms with E-state index in [0.717, 1.165) is 10.8 Å². The van der Waals surface area contributed by atoms with E-state index in [1.807, 2.05) is 6.07 Å². The number of carbonyl (C=O) groups excluding carboxylic acids is 1. The van der Waals surface area contributed by atoms with Gasteiger partial charge in [0.05, 0.1) is 10.5 Å². The van der Waals surface area contributed by atoms with Gasteiger partial charge in [0.1, 0.15) is 17.7 Å². The van der Waals surface area contributed by atoms with Crippen molar-refractivity contribution in [1.82, 2.24) is 15.0 Å². The first-order chi connectivity index (χ1) is 12.5. The lowest BCUT2D eigenvalue weighted by Gasteiger charge is -2.11. The minimum atomic E-state index is -0.498. The van der Waals surface area contributed by atoms with Gasteiger partial charge in [-0.25, -0.2) is 19.3 Å². The largest absolute Gasteiger partial charge is 0.338 e. The molecule has 2 heterocycles. The van der Waals surface area contributed by atoms with Crippen molar-refractivity contribution in [3.05, 3.63) is 65.3 Å². The highest BCUT2D eigenvalue weighted by Crippen LogP contribution is 2.30. The predicted molar refractivity (Wildman–Crippen MR) is 99.5 cm³/mol. The average molecular weight is 367 g/mol. The quantitative estimate of drug-likeness (QED) is 0.412. The molecule has 0 bridgehead atoms. The van der Waals surface area contributed by atoms with Crippen LogP contribution in [0.5, 0.6) is 0 Å². The highest BCUT2D eigenvalue weighted by atomic mass is 35.5. The molecule has 4 rings (SSSR count). The Bertz CT molecular complexity index is 1180. The third kappa shape index (κ3) is 2.84. The number of hydrogen-bond donors (Lipinski definition) is 1. The van der Waals surface area contributed by atoms with Crippen molar-refractivity contribution in [3.8, 4) is 0 Å². The Balaban J connectivity index is 1.93. The molecule has 4 aromatic rings. The van der Waals surface area contributed by atoms with Crippen LogP contribution in [0.15, 0.2) is 48.9 Å². The van der Waals surface area contributed by atoms with E-state index in [9.17, 15) is 9.18 Å². The maximum Gasteiger partial charge on any atom is 0.159 e. The third-order valence-electron chi connectivity index (χ3n) is 4.05. The molecule has 0 spiro atoms. The number of rotatable bonds is 3. The van der Waals surface area contributed by atoms with E-state index in [4.69, 9.17) is 11.6 Å². The standard InChI is InChI=1S/C19H12ClFN4O/c1-10(26)11-2-4-13-14-8-22-9-23-18(14)19(25-17(13)6-11)24-12-3-5-16(21)15(20)7-12/h2-9H,1H3,(H,24,25). The third-order valence-corrected chi connectivity index (χ3v) is 4.34. The number of pyridine rings is 1. The maximum atomic E-state index is 13.4. The summed E-state index contributed by atoms with van der Waals surface area (Å²) in [6, 6.07) is 9.63. The molecule has 0 aliphatic heterocycles. The van der Waals surface area contributed by atoms with Crippen molar-refractivity contribution in [3.63, 3.8) is 0 Å². The molecular weight excluding hydrogens is 355 g/mol. The highest BCUT2D eigenvalue weighted by molar-refractivity contribution is 6.31. The summed E-state index contributed by atoms with van der Waals surface area (Å²) in [5, 5.41) is 4.76. The molecule has 2 aromatic carbocycles. The second-order valence-electron chi connectivity index (χ2n) is 5.79. The van der Waals surface area contributed by atoms with Crippen LogP contribution in [-0.2, 0) is 0 Å². The number of Topliss-reactive ketones (excluding diaryl/α,β-unsaturated/α-hetero) is 1. The van der Waals surface area contributed by atoms with Gasteiger partial charge in [0.15, 0.2) is 11.6 Å². The summed E-state index contributed by atoms with van der Waals surface area (Å²) in [6.07, 6.45) is 3.13. The molecule has 128 valence electrons. The number of fused-ring (bicyclic) bond motifs is 3. The number of nitrogens with one attached hydrogen (secondary N) is 1. The summed E-state index contributed by atoms with van der Waals surface area (Å²) in [7, 11) is 0. The lowest BCUT2D eigenvalue weighted by Crippen LogP contribution is -1.99. The van der Waals surface area contributed by atoms with E-state index in [0.29, 0.717) is 28.1 Å². The highest BCUT2D eigenvalue weighted by Gasteiger charge is 2.12. The van der Waals surface area contributed by atoms with Gasteiger partial charge in [-0.05, 0) is 31.2 Å². The van der Waals surface area contributed by atoms with E-state index < -0.39 is 5.82 Å². The van der Waals surface area contributed by atoms with Gasteiger partial charge >= 0.3 is 0 Å². The first-order valence-electron chi connectivity index (χ1n) is 7.79. The molecule has 1 N–H and O–H groups in total. The Labute approximate surface area is 152 Å². The van der Waals surface area contributed by atoms with Gasteiger partial charge in [-0.3, -0.25) is 4.79 Å². The van der Waals surface area contributed by atoms with Crippen LogP contribution in [-0.4, -0.2) is 20.7 Å². The zero-order valence-corrected chi connectivity index (χ0v) is 14.4. The Morgan fingerprint density at radius 1 is 1.15 bits per heavy atom. The van der Waals surface area contributed by atoms with Crippen molar-refractivity contribution < 1.29 is 9.18 Å². The zero-order valence-electron chi connectivity index (χ0n) is 13.6. The molecule has 5 nitrogen and oxygen atoms in total. The zero-order chi connectivity index (χ0) is 18.3. The second kappa shape index (κ2) is 6.31. The molecule has 0 aliphatic carbocycles. The summed E-state index contributed by atoms with van der Waals surface area (Å²) in [6.45, 7) is 1.50. The first-order valence-corrected chi connectivity index (χ1v) is 8.17. The minimum Gasteiger partial charge on any atom is -0.338 e. The van der Waals surface area contributed by atoms with Crippen LogP contribution in [0.1, 0.15) is 17.3 Å². The Kier molecular flexibility index (Phi) is 3.97. The van der Waals surface area contributed by atoms with Crippen molar-refractivity contribution in [2.75, 3.05) is 5.32 Å². The van der Waals surface area contributed by atoms with Crippen LogP contribution in [0.25, 0.3) is 21.8 Å². The normalized spacial score (nSPS) is 11.0. The Morgan fingerprint density at radius 3 is 2.77 bits per heavy atom. The van der Waals surface area contributed by atoms with E-state index in [1.54, 1.807) is 24.4 Å². The number of hydrogen-bond acceptors (Lipinski definition) is 5. The molecular formula is C19H12ClFN4O. The van der Waals surface area contributed by atoms with Gasteiger partial charge in [-0.2, -0.15) is 0 Å². The first kappa shape index (κ1) is 16.4. The fourth-order valence-electron chi connectivity index (χ4n) is 2.76. The van der Waals surface area contributed by atoms with Gasteiger partial charge in [0.25, 0.3) is 0 Å². The van der Waals surface area contributed by atoms with Crippen molar-refractivity contribution in [1.29, 1.82) is 0 Å². The Morgan fingerprint density at radius 2 is 2.00 bits per heavy atom. The number of carbonyl (C=O) groups is 1. The molecule has 0 fully saturated rings. The molecule has 2 aromatic heterocycles. The summed E-state index contributed by atoms with van der Waals surface area (Å²) in [5.41, 5.74) is 2.39. The van der Waals surface area contributed by atoms with Gasteiger partial charge in [-0.1, -0.05) is 23.7 Å². The average Bonchev–Trinajstić information content (AvgIpc) is 2.64. The van der Waals surface area contributed by atoms with Crippen LogP contribution in [0, 0.1) is 5.82 Å². The molecule has 0 amide bonds. The van der Waals surface area contributed by atoms with Crippen LogP contribution in [0.4, 0.5) is 15.9 Å². The number of halogens is 2. The van der Waals surface area contributed by atoms with Crippen molar-refractivity contribution >= 4 is 50.7 Å². The summed E-state index contributed by atoms with van der Waals surface area (Å²) in [5.74, 6) is -0.0711. The lowest BCUT2D eigenvalue weighted by atomic mass is 10.1. The summed E-state index contributed by atoms with van der Waals surface area (Å²) >= 11 is 5.85. The fraction of sp³-hybridized carbons (Fsp3) is 0.0526. The van der Waals surface area contributed by atoms with E-state index in [2.05, 4.69) is 20.3 Å². The summed E-state index contributed by atoms with van der Waals surface area (Å²) < 4.78 is 13.4. The van der Waals surface area contributed by atoms with Crippen LogP contribution in [0.3, 0.4) is 0 Å². The van der Waals surface area contributed by atoms with Crippen molar-refractivity contribution in [2.45, 2.75) is 6.92 Å². The molecule has 0 saturated heterocycles. The van der Waals surface area contributed by atoms with Crippen LogP contribution >= 0.6 is 11.6 Å². The van der Waals surface area contributed by atoms with E-state index in [1.165, 1.54) is 25.4 Å². The number of benzene rings is 2. The molecule has 0 unspecified atom stereocenters. The second-order valence-corrected chi connectivity index (χ2v) is 6.19. The molecule has 0 saturated carbocycles. The number of nitrogens with zero attached hydrogens (tertiary/aromatic N) is 3. The molecule has 0 atom stereocenters. The fourth-order valence-corrected chi connectivity index (χ4v) is 2.94. The van der Waals surface area contributed by atoms with Crippen LogP contribution in [0.2, 0.25) is 5.02 Å². The van der Waals surface area contributed by atoms with E-state index in [-0.39, 0.29) is 10.8 Å². The molecule has 0 aliphatic rings. The number of anilines is 2. The SMILES string of the molecule is CC(=O)c1ccc2c(c1)nc(Nc1ccc(F)c(Cl)c1)c1ncncc12. The van der Waals surface area contributed by atoms with Gasteiger partial charge in [0, 0.05) is 28.2 Å². The molecule has 0 radical (unpaired) electrons. The smallest absolute Gasteiger partial charge is 0.159 e. The van der Waals surface area contributed by atoms with E-state index >= 15 is 0 Å². The lowest BCUT2D eigenvalue weighted by molar-refractivity contribution is 0.101. The Hall–Kier alpha value is -3.12. The number of aromatic nitrogens is 3. The number of ketones is 1. The van der Waals surface area contributed by atoms with Crippen LogP contribution < -0.4 is 5.32 Å². The topological polar surface area (TPSA) is 67.8 Å². The molecule has 7 heteroatoms. The minimum absolute atomic E-state index is 0.00795. The predicted octanol–water partition coefficient (Wildman–Crippen LogP) is 4.92. The van der Waals surface area contributed by atoms with Gasteiger partial charge < -0.3 is 5.32 Å². The monoisotopic (exact) mass is 366 g/mol. The van der Waals surface area contributed by atoms with Crippen molar-refractivity contribution in [2.24, 2.45) is 0 Å².